The van der Waals surface area contributed by atoms with Crippen LogP contribution in [0.4, 0.5) is 5.82 Å². The lowest BCUT2D eigenvalue weighted by molar-refractivity contribution is 0.981. The number of aryl methyl sites for hydroxylation is 1. The molecule has 1 aromatic heterocycles. The van der Waals surface area contributed by atoms with E-state index in [0.717, 1.165) is 27.0 Å². The summed E-state index contributed by atoms with van der Waals surface area (Å²) < 4.78 is 0. The van der Waals surface area contributed by atoms with Crippen molar-refractivity contribution in [3.63, 3.8) is 0 Å². The molecular formula is C13H14ClN3S. The number of thioether (sulfide) groups is 1. The Hall–Kier alpha value is -1.26. The monoisotopic (exact) mass is 279 g/mol. The van der Waals surface area contributed by atoms with Gasteiger partial charge in [-0.05, 0) is 26.0 Å². The lowest BCUT2D eigenvalue weighted by atomic mass is 10.2. The molecule has 2 rings (SSSR count). The Labute approximate surface area is 116 Å². The Kier molecular flexibility index (Phi) is 4.09. The van der Waals surface area contributed by atoms with Gasteiger partial charge >= 0.3 is 0 Å². The second-order valence-electron chi connectivity index (χ2n) is 3.95. The second-order valence-corrected chi connectivity index (χ2v) is 5.38. The first-order valence-corrected chi connectivity index (χ1v) is 6.91. The molecule has 0 saturated heterocycles. The highest BCUT2D eigenvalue weighted by Crippen LogP contribution is 2.28. The average molecular weight is 280 g/mol. The molecular weight excluding hydrogens is 266 g/mol. The molecule has 1 heterocycles. The number of hydrogen-bond acceptors (Lipinski definition) is 4. The first kappa shape index (κ1) is 13.2. The average Bonchev–Trinajstić information content (AvgIpc) is 2.35. The van der Waals surface area contributed by atoms with Crippen molar-refractivity contribution in [1.29, 1.82) is 0 Å². The predicted octanol–water partition coefficient (Wildman–Crippen LogP) is 3.62. The van der Waals surface area contributed by atoms with Crippen molar-refractivity contribution in [2.24, 2.45) is 0 Å². The fourth-order valence-corrected chi connectivity index (χ4v) is 2.57. The van der Waals surface area contributed by atoms with Gasteiger partial charge in [0.25, 0.3) is 0 Å². The number of nitrogens with zero attached hydrogens (tertiary/aromatic N) is 2. The van der Waals surface area contributed by atoms with Crippen LogP contribution in [0.1, 0.15) is 17.1 Å². The van der Waals surface area contributed by atoms with Gasteiger partial charge in [0, 0.05) is 16.2 Å². The topological polar surface area (TPSA) is 51.8 Å². The summed E-state index contributed by atoms with van der Waals surface area (Å²) in [5, 5.41) is 0.749. The molecule has 0 bridgehead atoms. The number of aromatic nitrogens is 2. The number of rotatable bonds is 3. The van der Waals surface area contributed by atoms with Crippen molar-refractivity contribution in [3.8, 4) is 0 Å². The molecule has 0 radical (unpaired) electrons. The number of nitrogens with two attached hydrogens (primary N) is 1. The van der Waals surface area contributed by atoms with Crippen molar-refractivity contribution in [1.82, 2.24) is 9.97 Å². The molecule has 0 fully saturated rings. The molecule has 0 amide bonds. The third kappa shape index (κ3) is 2.94. The fraction of sp³-hybridized carbons (Fsp3) is 0.231. The Balaban J connectivity index is 2.14. The quantitative estimate of drug-likeness (QED) is 0.872. The Morgan fingerprint density at radius 3 is 2.61 bits per heavy atom. The molecule has 1 aromatic carbocycles. The lowest BCUT2D eigenvalue weighted by Crippen LogP contribution is -2.03. The largest absolute Gasteiger partial charge is 0.383 e. The first-order chi connectivity index (χ1) is 8.58. The van der Waals surface area contributed by atoms with Gasteiger partial charge in [-0.2, -0.15) is 0 Å². The van der Waals surface area contributed by atoms with E-state index in [0.29, 0.717) is 11.6 Å². The second kappa shape index (κ2) is 5.59. The van der Waals surface area contributed by atoms with Gasteiger partial charge in [0.05, 0.1) is 10.8 Å². The summed E-state index contributed by atoms with van der Waals surface area (Å²) in [7, 11) is 0. The van der Waals surface area contributed by atoms with Crippen molar-refractivity contribution in [3.05, 3.63) is 46.4 Å². The van der Waals surface area contributed by atoms with Crippen LogP contribution < -0.4 is 5.73 Å². The van der Waals surface area contributed by atoms with E-state index in [-0.39, 0.29) is 0 Å². The fourth-order valence-electron chi connectivity index (χ4n) is 1.48. The summed E-state index contributed by atoms with van der Waals surface area (Å²) in [5.74, 6) is 1.95. The minimum atomic E-state index is 0.553. The van der Waals surface area contributed by atoms with Gasteiger partial charge in [0.2, 0.25) is 0 Å². The van der Waals surface area contributed by atoms with Crippen LogP contribution in [0.2, 0.25) is 5.02 Å². The van der Waals surface area contributed by atoms with Crippen LogP contribution in [0.25, 0.3) is 0 Å². The van der Waals surface area contributed by atoms with E-state index in [4.69, 9.17) is 17.3 Å². The van der Waals surface area contributed by atoms with E-state index in [1.54, 1.807) is 11.8 Å². The van der Waals surface area contributed by atoms with Crippen molar-refractivity contribution < 1.29 is 0 Å². The third-order valence-electron chi connectivity index (χ3n) is 2.67. The highest BCUT2D eigenvalue weighted by atomic mass is 35.5. The Morgan fingerprint density at radius 1 is 1.22 bits per heavy atom. The van der Waals surface area contributed by atoms with E-state index < -0.39 is 0 Å². The van der Waals surface area contributed by atoms with Crippen molar-refractivity contribution >= 4 is 29.2 Å². The summed E-state index contributed by atoms with van der Waals surface area (Å²) in [6.45, 7) is 3.87. The Morgan fingerprint density at radius 2 is 1.94 bits per heavy atom. The number of halogens is 1. The number of nitrogen functional groups attached to an aromatic ring is 1. The molecule has 0 aliphatic carbocycles. The number of hydrogen-bond donors (Lipinski definition) is 1. The van der Waals surface area contributed by atoms with Crippen LogP contribution in [-0.2, 0) is 5.75 Å². The number of benzene rings is 1. The third-order valence-corrected chi connectivity index (χ3v) is 4.18. The minimum absolute atomic E-state index is 0.553. The smallest absolute Gasteiger partial charge is 0.141 e. The minimum Gasteiger partial charge on any atom is -0.383 e. The molecule has 94 valence electrons. The zero-order chi connectivity index (χ0) is 13.1. The van der Waals surface area contributed by atoms with Gasteiger partial charge < -0.3 is 5.73 Å². The van der Waals surface area contributed by atoms with Crippen LogP contribution in [0.15, 0.2) is 29.2 Å². The maximum Gasteiger partial charge on any atom is 0.141 e. The van der Waals surface area contributed by atoms with Crippen LogP contribution in [0.3, 0.4) is 0 Å². The highest BCUT2D eigenvalue weighted by molar-refractivity contribution is 7.98. The number of anilines is 1. The Bertz CT molecular complexity index is 549. The van der Waals surface area contributed by atoms with Crippen LogP contribution in [-0.4, -0.2) is 9.97 Å². The normalized spacial score (nSPS) is 10.6. The van der Waals surface area contributed by atoms with Gasteiger partial charge in [-0.25, -0.2) is 9.97 Å². The molecule has 0 atom stereocenters. The molecule has 5 heteroatoms. The van der Waals surface area contributed by atoms with E-state index in [9.17, 15) is 0 Å². The van der Waals surface area contributed by atoms with Gasteiger partial charge in [0.1, 0.15) is 11.6 Å². The van der Waals surface area contributed by atoms with Crippen molar-refractivity contribution in [2.75, 3.05) is 5.73 Å². The highest BCUT2D eigenvalue weighted by Gasteiger charge is 2.07. The molecule has 0 spiro atoms. The summed E-state index contributed by atoms with van der Waals surface area (Å²) in [6, 6.07) is 7.73. The summed E-state index contributed by atoms with van der Waals surface area (Å²) in [4.78, 5) is 9.73. The molecule has 2 aromatic rings. The lowest BCUT2D eigenvalue weighted by Gasteiger charge is -2.07. The molecule has 18 heavy (non-hydrogen) atoms. The summed E-state index contributed by atoms with van der Waals surface area (Å²) in [6.07, 6.45) is 0. The molecule has 0 unspecified atom stereocenters. The van der Waals surface area contributed by atoms with Gasteiger partial charge in [-0.1, -0.05) is 23.7 Å². The van der Waals surface area contributed by atoms with Crippen LogP contribution >= 0.6 is 23.4 Å². The van der Waals surface area contributed by atoms with E-state index in [1.165, 1.54) is 0 Å². The van der Waals surface area contributed by atoms with E-state index in [1.807, 2.05) is 38.1 Å². The standard InChI is InChI=1S/C13H14ClN3S/c1-8-9(2)16-12(17-13(8)15)7-18-11-6-4-3-5-10(11)14/h3-6H,7H2,1-2H3,(H2,15,16,17). The SMILES string of the molecule is Cc1nc(CSc2ccccc2Cl)nc(N)c1C. The van der Waals surface area contributed by atoms with Crippen molar-refractivity contribution in [2.45, 2.75) is 24.5 Å². The first-order valence-electron chi connectivity index (χ1n) is 5.55. The van der Waals surface area contributed by atoms with Gasteiger partial charge in [0.15, 0.2) is 0 Å². The van der Waals surface area contributed by atoms with Crippen LogP contribution in [0, 0.1) is 13.8 Å². The van der Waals surface area contributed by atoms with Gasteiger partial charge in [-0.15, -0.1) is 11.8 Å². The molecule has 3 nitrogen and oxygen atoms in total. The summed E-state index contributed by atoms with van der Waals surface area (Å²) in [5.41, 5.74) is 7.71. The molecule has 0 aliphatic rings. The zero-order valence-electron chi connectivity index (χ0n) is 10.3. The maximum absolute atomic E-state index is 6.09. The van der Waals surface area contributed by atoms with E-state index in [2.05, 4.69) is 9.97 Å². The molecule has 2 N–H and O–H groups in total. The van der Waals surface area contributed by atoms with Crippen LogP contribution in [0.5, 0.6) is 0 Å². The zero-order valence-corrected chi connectivity index (χ0v) is 11.8. The summed E-state index contributed by atoms with van der Waals surface area (Å²) >= 11 is 7.70. The molecule has 0 aliphatic heterocycles. The molecule has 0 saturated carbocycles. The van der Waals surface area contributed by atoms with E-state index >= 15 is 0 Å². The van der Waals surface area contributed by atoms with Gasteiger partial charge in [-0.3, -0.25) is 0 Å². The predicted molar refractivity (Wildman–Crippen MR) is 76.9 cm³/mol. The maximum atomic E-state index is 6.09.